The Morgan fingerprint density at radius 2 is 1.96 bits per heavy atom. The summed E-state index contributed by atoms with van der Waals surface area (Å²) >= 11 is 1.66. The average Bonchev–Trinajstić information content (AvgIpc) is 3.28. The number of nitrogens with one attached hydrogen (secondary N) is 1. The first-order valence-corrected chi connectivity index (χ1v) is 9.02. The first-order chi connectivity index (χ1) is 12.3. The minimum Gasteiger partial charge on any atom is -0.276 e. The van der Waals surface area contributed by atoms with E-state index in [4.69, 9.17) is 9.97 Å². The fourth-order valence-corrected chi connectivity index (χ4v) is 4.28. The third kappa shape index (κ3) is 2.37. The van der Waals surface area contributed by atoms with Crippen LogP contribution in [0.2, 0.25) is 0 Å². The largest absolute Gasteiger partial charge is 0.276 e. The van der Waals surface area contributed by atoms with E-state index in [9.17, 15) is 0 Å². The van der Waals surface area contributed by atoms with Crippen molar-refractivity contribution < 1.29 is 0 Å². The zero-order chi connectivity index (χ0) is 16.8. The average molecular weight is 345 g/mol. The first kappa shape index (κ1) is 14.5. The maximum atomic E-state index is 4.95. The minimum atomic E-state index is 0.964. The third-order valence-corrected chi connectivity index (χ3v) is 5.76. The van der Waals surface area contributed by atoms with Crippen LogP contribution in [0.15, 0.2) is 42.9 Å². The van der Waals surface area contributed by atoms with E-state index < -0.39 is 0 Å². The summed E-state index contributed by atoms with van der Waals surface area (Å²) in [5, 5.41) is 8.26. The molecule has 0 saturated carbocycles. The van der Waals surface area contributed by atoms with Gasteiger partial charge >= 0.3 is 0 Å². The second-order valence-corrected chi connectivity index (χ2v) is 7.15. The van der Waals surface area contributed by atoms with Crippen LogP contribution in [0.25, 0.3) is 32.5 Å². The Morgan fingerprint density at radius 3 is 2.84 bits per heavy atom. The molecule has 0 bridgehead atoms. The number of aryl methyl sites for hydroxylation is 3. The summed E-state index contributed by atoms with van der Waals surface area (Å²) in [5.74, 6) is 0. The van der Waals surface area contributed by atoms with Crippen LogP contribution in [-0.4, -0.2) is 25.1 Å². The molecule has 0 spiro atoms. The van der Waals surface area contributed by atoms with Gasteiger partial charge in [-0.15, -0.1) is 11.3 Å². The number of aromatic nitrogens is 5. The summed E-state index contributed by atoms with van der Waals surface area (Å²) in [7, 11) is 0. The number of pyridine rings is 2. The highest BCUT2D eigenvalue weighted by Crippen LogP contribution is 2.37. The Labute approximate surface area is 148 Å². The van der Waals surface area contributed by atoms with E-state index in [0.717, 1.165) is 51.1 Å². The number of rotatable bonds is 2. The van der Waals surface area contributed by atoms with Crippen LogP contribution in [0.1, 0.15) is 16.8 Å². The van der Waals surface area contributed by atoms with Crippen LogP contribution in [0.5, 0.6) is 0 Å². The van der Waals surface area contributed by atoms with Gasteiger partial charge < -0.3 is 0 Å². The maximum Gasteiger partial charge on any atom is 0.125 e. The molecule has 0 amide bonds. The van der Waals surface area contributed by atoms with Crippen molar-refractivity contribution in [3.8, 4) is 32.5 Å². The van der Waals surface area contributed by atoms with Crippen molar-refractivity contribution in [3.63, 3.8) is 0 Å². The molecule has 0 aromatic carbocycles. The molecular weight excluding hydrogens is 330 g/mol. The van der Waals surface area contributed by atoms with Crippen molar-refractivity contribution in [1.82, 2.24) is 25.1 Å². The van der Waals surface area contributed by atoms with Gasteiger partial charge in [0.2, 0.25) is 0 Å². The van der Waals surface area contributed by atoms with Crippen LogP contribution in [-0.2, 0) is 12.8 Å². The zero-order valence-corrected chi connectivity index (χ0v) is 14.5. The molecule has 6 heteroatoms. The smallest absolute Gasteiger partial charge is 0.125 e. The van der Waals surface area contributed by atoms with Gasteiger partial charge in [0.05, 0.1) is 33.8 Å². The lowest BCUT2D eigenvalue weighted by molar-refractivity contribution is 0.927. The third-order valence-electron chi connectivity index (χ3n) is 4.53. The van der Waals surface area contributed by atoms with Gasteiger partial charge in [-0.25, -0.2) is 9.97 Å². The molecule has 0 aliphatic heterocycles. The lowest BCUT2D eigenvalue weighted by Gasteiger charge is -2.15. The van der Waals surface area contributed by atoms with Gasteiger partial charge in [-0.3, -0.25) is 10.1 Å². The van der Waals surface area contributed by atoms with Gasteiger partial charge in [0, 0.05) is 18.0 Å². The predicted molar refractivity (Wildman–Crippen MR) is 98.3 cm³/mol. The lowest BCUT2D eigenvalue weighted by Crippen LogP contribution is -2.05. The van der Waals surface area contributed by atoms with Crippen molar-refractivity contribution >= 4 is 11.3 Å². The number of thiazole rings is 1. The number of H-pyrrole nitrogens is 1. The maximum absolute atomic E-state index is 4.95. The van der Waals surface area contributed by atoms with E-state index in [0.29, 0.717) is 0 Å². The number of hydrogen-bond donors (Lipinski definition) is 1. The van der Waals surface area contributed by atoms with Crippen molar-refractivity contribution in [2.24, 2.45) is 0 Å². The van der Waals surface area contributed by atoms with Gasteiger partial charge in [0.15, 0.2) is 0 Å². The van der Waals surface area contributed by atoms with Crippen LogP contribution < -0.4 is 0 Å². The highest BCUT2D eigenvalue weighted by atomic mass is 32.1. The minimum absolute atomic E-state index is 0.964. The molecule has 0 fully saturated rings. The Bertz CT molecular complexity index is 1060. The number of hydrogen-bond acceptors (Lipinski definition) is 5. The Kier molecular flexibility index (Phi) is 3.24. The van der Waals surface area contributed by atoms with Crippen LogP contribution in [0, 0.1) is 6.92 Å². The summed E-state index contributed by atoms with van der Waals surface area (Å²) in [6.07, 6.45) is 7.56. The molecule has 1 aliphatic rings. The van der Waals surface area contributed by atoms with E-state index in [-0.39, 0.29) is 0 Å². The van der Waals surface area contributed by atoms with Gasteiger partial charge in [-0.05, 0) is 49.1 Å². The van der Waals surface area contributed by atoms with Gasteiger partial charge in [-0.1, -0.05) is 6.07 Å². The molecule has 122 valence electrons. The van der Waals surface area contributed by atoms with E-state index in [2.05, 4.69) is 27.3 Å². The Morgan fingerprint density at radius 1 is 1.04 bits per heavy atom. The molecule has 5 rings (SSSR count). The molecular formula is C19H15N5S. The molecule has 25 heavy (non-hydrogen) atoms. The second-order valence-electron chi connectivity index (χ2n) is 6.15. The summed E-state index contributed by atoms with van der Waals surface area (Å²) < 4.78 is 0. The van der Waals surface area contributed by atoms with Crippen LogP contribution in [0.3, 0.4) is 0 Å². The first-order valence-electron chi connectivity index (χ1n) is 8.20. The highest BCUT2D eigenvalue weighted by Gasteiger charge is 2.21. The Balaban J connectivity index is 1.62. The number of fused-ring (bicyclic) bond motifs is 3. The Hall–Kier alpha value is -2.86. The monoisotopic (exact) mass is 345 g/mol. The SMILES string of the molecule is Cc1nc(-c2cccnc2)sc1-c1ccc2c(n1)-c1[nH]ncc1CC2. The summed E-state index contributed by atoms with van der Waals surface area (Å²) in [6.45, 7) is 2.04. The molecule has 0 unspecified atom stereocenters. The van der Waals surface area contributed by atoms with Crippen molar-refractivity contribution in [1.29, 1.82) is 0 Å². The van der Waals surface area contributed by atoms with E-state index >= 15 is 0 Å². The molecule has 0 radical (unpaired) electrons. The number of aromatic amines is 1. The number of nitrogens with zero attached hydrogens (tertiary/aromatic N) is 4. The van der Waals surface area contributed by atoms with Crippen LogP contribution >= 0.6 is 11.3 Å². The molecule has 4 heterocycles. The quantitative estimate of drug-likeness (QED) is 0.595. The topological polar surface area (TPSA) is 67.3 Å². The normalized spacial score (nSPS) is 12.7. The van der Waals surface area contributed by atoms with Gasteiger partial charge in [-0.2, -0.15) is 5.10 Å². The molecule has 1 N–H and O–H groups in total. The summed E-state index contributed by atoms with van der Waals surface area (Å²) in [6, 6.07) is 8.26. The molecule has 1 aliphatic carbocycles. The van der Waals surface area contributed by atoms with Gasteiger partial charge in [0.25, 0.3) is 0 Å². The second kappa shape index (κ2) is 5.60. The summed E-state index contributed by atoms with van der Waals surface area (Å²) in [4.78, 5) is 15.0. The van der Waals surface area contributed by atoms with Crippen molar-refractivity contribution in [3.05, 3.63) is 59.7 Å². The molecule has 0 saturated heterocycles. The van der Waals surface area contributed by atoms with Gasteiger partial charge in [0.1, 0.15) is 5.01 Å². The predicted octanol–water partition coefficient (Wildman–Crippen LogP) is 4.06. The fourth-order valence-electron chi connectivity index (χ4n) is 3.25. The van der Waals surface area contributed by atoms with E-state index in [1.54, 1.807) is 17.5 Å². The van der Waals surface area contributed by atoms with E-state index in [1.807, 2.05) is 31.5 Å². The summed E-state index contributed by atoms with van der Waals surface area (Å²) in [5.41, 5.74) is 7.59. The van der Waals surface area contributed by atoms with Crippen molar-refractivity contribution in [2.75, 3.05) is 0 Å². The highest BCUT2D eigenvalue weighted by molar-refractivity contribution is 7.18. The standard InChI is InChI=1S/C19H15N5S/c1-11-18(25-19(22-11)14-3-2-8-20-9-14)15-7-6-12-4-5-13-10-21-24-17(13)16(12)23-15/h2-3,6-10H,4-5H2,1H3,(H,21,24). The molecule has 0 atom stereocenters. The van der Waals surface area contributed by atoms with Crippen LogP contribution in [0.4, 0.5) is 0 Å². The molecule has 4 aromatic rings. The fraction of sp³-hybridized carbons (Fsp3) is 0.158. The molecule has 4 aromatic heterocycles. The lowest BCUT2D eigenvalue weighted by atomic mass is 9.94. The van der Waals surface area contributed by atoms with E-state index in [1.165, 1.54) is 11.1 Å². The zero-order valence-electron chi connectivity index (χ0n) is 13.7. The van der Waals surface area contributed by atoms with Crippen molar-refractivity contribution in [2.45, 2.75) is 19.8 Å². The molecule has 5 nitrogen and oxygen atoms in total.